The Hall–Kier alpha value is -3.55. The third-order valence-corrected chi connectivity index (χ3v) is 8.05. The highest BCUT2D eigenvalue weighted by Crippen LogP contribution is 2.40. The summed E-state index contributed by atoms with van der Waals surface area (Å²) in [6.07, 6.45) is 1.01. The summed E-state index contributed by atoms with van der Waals surface area (Å²) in [5.41, 5.74) is 6.48. The molecule has 2 heterocycles. The van der Waals surface area contributed by atoms with Gasteiger partial charge in [0, 0.05) is 34.3 Å². The first kappa shape index (κ1) is 26.1. The smallest absolute Gasteiger partial charge is 0.255 e. The molecule has 2 aliphatic heterocycles. The van der Waals surface area contributed by atoms with Crippen molar-refractivity contribution >= 4 is 51.7 Å². The summed E-state index contributed by atoms with van der Waals surface area (Å²) in [6.45, 7) is 6.76. The Morgan fingerprint density at radius 3 is 2.39 bits per heavy atom. The first-order valence-electron chi connectivity index (χ1n) is 12.5. The van der Waals surface area contributed by atoms with E-state index in [1.54, 1.807) is 36.0 Å². The van der Waals surface area contributed by atoms with E-state index in [-0.39, 0.29) is 17.9 Å². The van der Waals surface area contributed by atoms with Gasteiger partial charge in [-0.1, -0.05) is 53.2 Å². The summed E-state index contributed by atoms with van der Waals surface area (Å²) in [5, 5.41) is 7.59. The van der Waals surface area contributed by atoms with Crippen LogP contribution in [0.1, 0.15) is 46.4 Å². The second-order valence-corrected chi connectivity index (χ2v) is 11.0. The molecule has 5 rings (SSSR count). The Balaban J connectivity index is 1.43. The van der Waals surface area contributed by atoms with Crippen LogP contribution in [0.15, 0.2) is 83.0 Å². The van der Waals surface area contributed by atoms with Gasteiger partial charge in [0.25, 0.3) is 11.8 Å². The molecule has 1 unspecified atom stereocenters. The van der Waals surface area contributed by atoms with Gasteiger partial charge in [-0.05, 0) is 80.8 Å². The van der Waals surface area contributed by atoms with Crippen molar-refractivity contribution in [1.82, 2.24) is 4.90 Å². The molecule has 3 aromatic carbocycles. The number of thioether (sulfide) groups is 1. The zero-order valence-corrected chi connectivity index (χ0v) is 23.1. The van der Waals surface area contributed by atoms with Gasteiger partial charge >= 0.3 is 0 Å². The minimum atomic E-state index is -0.276. The van der Waals surface area contributed by atoms with E-state index in [1.165, 1.54) is 0 Å². The van der Waals surface area contributed by atoms with Gasteiger partial charge < -0.3 is 15.5 Å². The minimum Gasteiger partial charge on any atom is -0.340 e. The molecular formula is C30H29ClN4O2S. The molecule has 0 bridgehead atoms. The Kier molecular flexibility index (Phi) is 7.58. The number of carbonyl (C=O) groups excluding carboxylic acids is 2. The predicted octanol–water partition coefficient (Wildman–Crippen LogP) is 6.97. The molecule has 0 radical (unpaired) electrons. The van der Waals surface area contributed by atoms with Crippen molar-refractivity contribution in [1.29, 1.82) is 0 Å². The van der Waals surface area contributed by atoms with E-state index in [9.17, 15) is 9.59 Å². The maximum Gasteiger partial charge on any atom is 0.255 e. The van der Waals surface area contributed by atoms with E-state index in [2.05, 4.69) is 21.6 Å². The zero-order valence-electron chi connectivity index (χ0n) is 21.5. The number of amides is 2. The molecule has 2 aliphatic rings. The number of hydrogen-bond acceptors (Lipinski definition) is 5. The molecule has 2 N–H and O–H groups in total. The molecule has 194 valence electrons. The maximum absolute atomic E-state index is 13.7. The van der Waals surface area contributed by atoms with Crippen molar-refractivity contribution in [2.24, 2.45) is 4.99 Å². The number of carbonyl (C=O) groups is 2. The van der Waals surface area contributed by atoms with Crippen LogP contribution in [0.4, 0.5) is 11.4 Å². The molecule has 38 heavy (non-hydrogen) atoms. The van der Waals surface area contributed by atoms with Crippen LogP contribution in [0.2, 0.25) is 5.02 Å². The fourth-order valence-corrected chi connectivity index (χ4v) is 5.95. The van der Waals surface area contributed by atoms with E-state index in [4.69, 9.17) is 16.6 Å². The van der Waals surface area contributed by atoms with Crippen molar-refractivity contribution in [2.75, 3.05) is 22.9 Å². The Morgan fingerprint density at radius 2 is 1.68 bits per heavy atom. The van der Waals surface area contributed by atoms with Gasteiger partial charge in [-0.15, -0.1) is 0 Å². The Labute approximate surface area is 232 Å². The van der Waals surface area contributed by atoms with Crippen molar-refractivity contribution in [3.8, 4) is 0 Å². The molecule has 2 amide bonds. The van der Waals surface area contributed by atoms with Gasteiger partial charge in [0.05, 0.1) is 17.3 Å². The highest BCUT2D eigenvalue weighted by molar-refractivity contribution is 8.13. The Bertz CT molecular complexity index is 1450. The van der Waals surface area contributed by atoms with Crippen molar-refractivity contribution in [3.63, 3.8) is 0 Å². The van der Waals surface area contributed by atoms with Gasteiger partial charge in [0.1, 0.15) is 0 Å². The summed E-state index contributed by atoms with van der Waals surface area (Å²) in [6, 6.07) is 20.2. The quantitative estimate of drug-likeness (QED) is 0.364. The van der Waals surface area contributed by atoms with E-state index in [1.807, 2.05) is 57.2 Å². The van der Waals surface area contributed by atoms with Crippen molar-refractivity contribution in [2.45, 2.75) is 33.2 Å². The number of anilines is 2. The second kappa shape index (κ2) is 11.1. The molecule has 8 heteroatoms. The average Bonchev–Trinajstić information content (AvgIpc) is 2.90. The van der Waals surface area contributed by atoms with Gasteiger partial charge in [-0.2, -0.15) is 0 Å². The largest absolute Gasteiger partial charge is 0.340 e. The van der Waals surface area contributed by atoms with Gasteiger partial charge in [-0.3, -0.25) is 9.59 Å². The van der Waals surface area contributed by atoms with Crippen LogP contribution >= 0.6 is 23.4 Å². The molecule has 6 nitrogen and oxygen atoms in total. The number of amidine groups is 1. The van der Waals surface area contributed by atoms with Gasteiger partial charge in [0.15, 0.2) is 5.17 Å². The number of nitrogens with one attached hydrogen (secondary N) is 2. The van der Waals surface area contributed by atoms with E-state index in [0.29, 0.717) is 21.8 Å². The molecule has 0 aliphatic carbocycles. The normalized spacial score (nSPS) is 17.0. The zero-order chi connectivity index (χ0) is 26.8. The standard InChI is InChI=1S/C30H29ClN4O2S/c1-18-5-14-25(19(2)17-18)34-29(37)26-20(3)32-30-35(15-4-16-38-30)27(26)21-8-12-24(13-9-21)33-28(36)22-6-10-23(31)11-7-22/h5-14,17,27H,4,15-16H2,1-3H3,(H,33,36)(H,34,37). The lowest BCUT2D eigenvalue weighted by Gasteiger charge is -2.41. The van der Waals surface area contributed by atoms with E-state index >= 15 is 0 Å². The summed E-state index contributed by atoms with van der Waals surface area (Å²) in [7, 11) is 0. The molecule has 0 spiro atoms. The highest BCUT2D eigenvalue weighted by Gasteiger charge is 2.37. The average molecular weight is 545 g/mol. The number of benzene rings is 3. The van der Waals surface area contributed by atoms with Crippen molar-refractivity contribution in [3.05, 3.63) is 105 Å². The summed E-state index contributed by atoms with van der Waals surface area (Å²) < 4.78 is 0. The van der Waals surface area contributed by atoms with Gasteiger partial charge in [-0.25, -0.2) is 4.99 Å². The Morgan fingerprint density at radius 1 is 0.947 bits per heavy atom. The number of aryl methyl sites for hydroxylation is 2. The molecule has 0 saturated carbocycles. The molecule has 3 aromatic rings. The minimum absolute atomic E-state index is 0.155. The number of allylic oxidation sites excluding steroid dienone is 1. The lowest BCUT2D eigenvalue weighted by atomic mass is 9.93. The topological polar surface area (TPSA) is 73.8 Å². The number of fused-ring (bicyclic) bond motifs is 1. The predicted molar refractivity (Wildman–Crippen MR) is 157 cm³/mol. The summed E-state index contributed by atoms with van der Waals surface area (Å²) in [4.78, 5) is 33.4. The first-order chi connectivity index (χ1) is 18.3. The maximum atomic E-state index is 13.7. The molecule has 0 aromatic heterocycles. The van der Waals surface area contributed by atoms with Crippen LogP contribution in [-0.4, -0.2) is 34.2 Å². The second-order valence-electron chi connectivity index (χ2n) is 9.55. The van der Waals surface area contributed by atoms with Gasteiger partial charge in [0.2, 0.25) is 0 Å². The van der Waals surface area contributed by atoms with Crippen LogP contribution in [0, 0.1) is 13.8 Å². The van der Waals surface area contributed by atoms with Crippen LogP contribution in [0.3, 0.4) is 0 Å². The number of nitrogens with zero attached hydrogens (tertiary/aromatic N) is 2. The first-order valence-corrected chi connectivity index (χ1v) is 13.9. The summed E-state index contributed by atoms with van der Waals surface area (Å²) in [5.74, 6) is 0.644. The summed E-state index contributed by atoms with van der Waals surface area (Å²) >= 11 is 7.67. The number of hydrogen-bond donors (Lipinski definition) is 2. The molecule has 1 saturated heterocycles. The third kappa shape index (κ3) is 5.49. The van der Waals surface area contributed by atoms with Crippen molar-refractivity contribution < 1.29 is 9.59 Å². The van der Waals surface area contributed by atoms with E-state index in [0.717, 1.165) is 52.0 Å². The SMILES string of the molecule is CC1=C(C(=O)Nc2ccc(C)cc2C)C(c2ccc(NC(=O)c3ccc(Cl)cc3)cc2)N2CCCSC2=N1. The van der Waals surface area contributed by atoms with Crippen LogP contribution < -0.4 is 10.6 Å². The number of aliphatic imine (C=N–C) groups is 1. The fourth-order valence-electron chi connectivity index (χ4n) is 4.80. The van der Waals surface area contributed by atoms with Crippen LogP contribution in [-0.2, 0) is 4.79 Å². The molecule has 1 atom stereocenters. The third-order valence-electron chi connectivity index (χ3n) is 6.72. The van der Waals surface area contributed by atoms with Crippen LogP contribution in [0.5, 0.6) is 0 Å². The lowest BCUT2D eigenvalue weighted by molar-refractivity contribution is -0.113. The van der Waals surface area contributed by atoms with Crippen LogP contribution in [0.25, 0.3) is 0 Å². The molecule has 1 fully saturated rings. The number of halogens is 1. The lowest BCUT2D eigenvalue weighted by Crippen LogP contribution is -2.43. The fraction of sp³-hybridized carbons (Fsp3) is 0.233. The monoisotopic (exact) mass is 544 g/mol. The highest BCUT2D eigenvalue weighted by atomic mass is 35.5. The molecular weight excluding hydrogens is 516 g/mol. The van der Waals surface area contributed by atoms with E-state index < -0.39 is 0 Å². The number of rotatable bonds is 5.